The third kappa shape index (κ3) is 7.73. The van der Waals surface area contributed by atoms with Gasteiger partial charge in [-0.1, -0.05) is 145 Å². The number of phenolic OH excluding ortho intramolecular Hbond substituents is 1. The molecule has 3 fully saturated rings. The van der Waals surface area contributed by atoms with Crippen LogP contribution in [-0.4, -0.2) is 55.4 Å². The summed E-state index contributed by atoms with van der Waals surface area (Å²) in [6.45, 7) is 2.74. The van der Waals surface area contributed by atoms with Crippen molar-refractivity contribution in [1.29, 1.82) is 0 Å². The molecule has 0 aliphatic carbocycles. The number of phenols is 1. The van der Waals surface area contributed by atoms with Crippen molar-refractivity contribution >= 4 is 22.5 Å². The van der Waals surface area contributed by atoms with Crippen molar-refractivity contribution in [2.24, 2.45) is 11.8 Å². The molecule has 5 unspecified atom stereocenters. The average Bonchev–Trinajstić information content (AvgIpc) is 3.32. The van der Waals surface area contributed by atoms with Crippen molar-refractivity contribution < 1.29 is 19.4 Å². The molecular formula is C54H48ClN4O3+. The molecule has 5 heterocycles. The highest BCUT2D eigenvalue weighted by Crippen LogP contribution is 2.51. The molecule has 3 saturated heterocycles. The van der Waals surface area contributed by atoms with E-state index in [0.717, 1.165) is 71.0 Å². The number of quaternary nitrogens is 1. The Balaban J connectivity index is 1.19. The molecule has 308 valence electrons. The molecule has 6 aromatic carbocycles. The molecule has 3 aliphatic rings. The molecule has 5 atom stereocenters. The Morgan fingerprint density at radius 3 is 2.10 bits per heavy atom. The predicted molar refractivity (Wildman–Crippen MR) is 247 cm³/mol. The van der Waals surface area contributed by atoms with E-state index in [9.17, 15) is 10.2 Å². The largest absolute Gasteiger partial charge is 0.508 e. The second-order valence-corrected chi connectivity index (χ2v) is 17.3. The SMILES string of the molecule is OCCC1C[N+]2(Cc3cc(-c4ccccc4)ccc3-c3ccccc3)CCC1CC2C(Oc1nc(-c2ccccc2)nc(Cl)c1-c1ccccc1)c1ccnc2ccc(O)cc12. The number of ether oxygens (including phenoxy) is 1. The summed E-state index contributed by atoms with van der Waals surface area (Å²) in [6.07, 6.45) is 3.98. The van der Waals surface area contributed by atoms with Gasteiger partial charge in [-0.25, -0.2) is 4.98 Å². The predicted octanol–water partition coefficient (Wildman–Crippen LogP) is 12.0. The summed E-state index contributed by atoms with van der Waals surface area (Å²) in [5.41, 5.74) is 10.0. The molecule has 8 aromatic rings. The van der Waals surface area contributed by atoms with E-state index in [-0.39, 0.29) is 18.4 Å². The van der Waals surface area contributed by atoms with Crippen LogP contribution in [0, 0.1) is 11.8 Å². The lowest BCUT2D eigenvalue weighted by atomic mass is 9.70. The molecule has 2 aromatic heterocycles. The van der Waals surface area contributed by atoms with E-state index in [4.69, 9.17) is 31.3 Å². The summed E-state index contributed by atoms with van der Waals surface area (Å²) >= 11 is 7.24. The number of aliphatic hydroxyl groups is 1. The van der Waals surface area contributed by atoms with Gasteiger partial charge in [-0.05, 0) is 70.5 Å². The van der Waals surface area contributed by atoms with E-state index >= 15 is 0 Å². The van der Waals surface area contributed by atoms with Crippen LogP contribution in [0.2, 0.25) is 5.15 Å². The molecule has 0 spiro atoms. The van der Waals surface area contributed by atoms with Crippen molar-refractivity contribution in [3.8, 4) is 56.4 Å². The zero-order valence-corrected chi connectivity index (χ0v) is 35.2. The van der Waals surface area contributed by atoms with Gasteiger partial charge in [0.1, 0.15) is 23.5 Å². The highest BCUT2D eigenvalue weighted by Gasteiger charge is 2.56. The monoisotopic (exact) mass is 835 g/mol. The van der Waals surface area contributed by atoms with Crippen LogP contribution in [-0.2, 0) is 6.54 Å². The first-order valence-corrected chi connectivity index (χ1v) is 22.0. The van der Waals surface area contributed by atoms with Crippen molar-refractivity contribution in [3.05, 3.63) is 186 Å². The Hall–Kier alpha value is -6.38. The van der Waals surface area contributed by atoms with Crippen molar-refractivity contribution in [3.63, 3.8) is 0 Å². The van der Waals surface area contributed by atoms with Gasteiger partial charge in [0, 0.05) is 53.6 Å². The molecule has 3 aliphatic heterocycles. The number of rotatable bonds is 12. The number of aromatic hydroxyl groups is 1. The summed E-state index contributed by atoms with van der Waals surface area (Å²) in [5.74, 6) is 1.78. The van der Waals surface area contributed by atoms with Crippen LogP contribution in [0.1, 0.15) is 36.5 Å². The first kappa shape index (κ1) is 39.7. The van der Waals surface area contributed by atoms with E-state index in [0.29, 0.717) is 34.3 Å². The van der Waals surface area contributed by atoms with E-state index in [1.165, 1.54) is 27.8 Å². The molecule has 11 rings (SSSR count). The Morgan fingerprint density at radius 2 is 1.39 bits per heavy atom. The number of hydrogen-bond donors (Lipinski definition) is 2. The minimum absolute atomic E-state index is 0.0572. The van der Waals surface area contributed by atoms with Crippen LogP contribution in [0.5, 0.6) is 11.6 Å². The molecule has 0 radical (unpaired) electrons. The maximum absolute atomic E-state index is 11.0. The molecule has 7 nitrogen and oxygen atoms in total. The van der Waals surface area contributed by atoms with Gasteiger partial charge in [0.15, 0.2) is 11.9 Å². The normalized spacial score (nSPS) is 19.9. The lowest BCUT2D eigenvalue weighted by Gasteiger charge is -2.59. The first-order chi connectivity index (χ1) is 30.5. The van der Waals surface area contributed by atoms with Gasteiger partial charge in [-0.15, -0.1) is 0 Å². The topological polar surface area (TPSA) is 88.4 Å². The summed E-state index contributed by atoms with van der Waals surface area (Å²) in [5, 5.41) is 22.6. The zero-order chi connectivity index (χ0) is 42.0. The Morgan fingerprint density at radius 1 is 0.710 bits per heavy atom. The Bertz CT molecular complexity index is 2830. The highest BCUT2D eigenvalue weighted by molar-refractivity contribution is 6.32. The van der Waals surface area contributed by atoms with Crippen LogP contribution in [0.3, 0.4) is 0 Å². The van der Waals surface area contributed by atoms with Crippen LogP contribution in [0.15, 0.2) is 170 Å². The molecule has 8 heteroatoms. The van der Waals surface area contributed by atoms with E-state index < -0.39 is 6.10 Å². The Kier molecular flexibility index (Phi) is 11.0. The number of fused-ring (bicyclic) bond motifs is 4. The number of benzene rings is 6. The number of hydrogen-bond acceptors (Lipinski definition) is 6. The maximum atomic E-state index is 11.0. The van der Waals surface area contributed by atoms with Crippen molar-refractivity contribution in [2.45, 2.75) is 38.0 Å². The van der Waals surface area contributed by atoms with Crippen molar-refractivity contribution in [1.82, 2.24) is 15.0 Å². The number of pyridine rings is 1. The van der Waals surface area contributed by atoms with Crippen molar-refractivity contribution in [2.75, 3.05) is 19.7 Å². The van der Waals surface area contributed by atoms with Crippen LogP contribution in [0.25, 0.3) is 55.7 Å². The molecule has 62 heavy (non-hydrogen) atoms. The number of piperidine rings is 3. The number of aliphatic hydroxyl groups excluding tert-OH is 1. The summed E-state index contributed by atoms with van der Waals surface area (Å²) in [4.78, 5) is 14.8. The molecule has 0 saturated carbocycles. The summed E-state index contributed by atoms with van der Waals surface area (Å²) in [6, 6.07) is 55.4. The second-order valence-electron chi connectivity index (χ2n) is 16.9. The van der Waals surface area contributed by atoms with Crippen LogP contribution in [0.4, 0.5) is 0 Å². The summed E-state index contributed by atoms with van der Waals surface area (Å²) < 4.78 is 8.37. The van der Waals surface area contributed by atoms with Crippen LogP contribution < -0.4 is 4.74 Å². The maximum Gasteiger partial charge on any atom is 0.227 e. The minimum Gasteiger partial charge on any atom is -0.508 e. The summed E-state index contributed by atoms with van der Waals surface area (Å²) in [7, 11) is 0. The fourth-order valence-corrected chi connectivity index (χ4v) is 10.7. The van der Waals surface area contributed by atoms with Gasteiger partial charge in [-0.3, -0.25) is 4.98 Å². The first-order valence-electron chi connectivity index (χ1n) is 21.6. The molecule has 0 amide bonds. The Labute approximate surface area is 367 Å². The lowest BCUT2D eigenvalue weighted by Crippen LogP contribution is -2.68. The number of aromatic nitrogens is 3. The highest BCUT2D eigenvalue weighted by atomic mass is 35.5. The smallest absolute Gasteiger partial charge is 0.227 e. The third-order valence-corrected chi connectivity index (χ3v) is 13.6. The van der Waals surface area contributed by atoms with E-state index in [1.54, 1.807) is 12.1 Å². The average molecular weight is 836 g/mol. The van der Waals surface area contributed by atoms with Gasteiger partial charge < -0.3 is 19.4 Å². The van der Waals surface area contributed by atoms with Gasteiger partial charge in [0.25, 0.3) is 0 Å². The second kappa shape index (κ2) is 17.2. The third-order valence-electron chi connectivity index (χ3n) is 13.3. The van der Waals surface area contributed by atoms with Crippen LogP contribution >= 0.6 is 11.6 Å². The number of halogens is 1. The molecular weight excluding hydrogens is 788 g/mol. The van der Waals surface area contributed by atoms with Gasteiger partial charge in [-0.2, -0.15) is 4.98 Å². The van der Waals surface area contributed by atoms with E-state index in [1.807, 2.05) is 79.0 Å². The van der Waals surface area contributed by atoms with Gasteiger partial charge >= 0.3 is 0 Å². The number of nitrogens with zero attached hydrogens (tertiary/aromatic N) is 4. The molecule has 2 N–H and O–H groups in total. The van der Waals surface area contributed by atoms with E-state index in [2.05, 4.69) is 78.9 Å². The zero-order valence-electron chi connectivity index (χ0n) is 34.4. The fraction of sp³-hybridized carbons (Fsp3) is 0.204. The standard InChI is InChI=1S/C54H47ClN4O3/c55-52-50(38-17-9-3-10-18-38)54(58-53(57-52)39-19-11-4-12-20-39)62-51(46-25-28-56-48-24-22-44(61)33-47(46)48)49-32-41-26-29-59(49,34-42(41)27-30-60)35-43-31-40(36-13-5-1-6-14-36)21-23-45(43)37-15-7-2-8-16-37/h1-25,28,31,33,41-42,49,51,60H,26-27,29-30,32,34-35H2/p+1. The lowest BCUT2D eigenvalue weighted by molar-refractivity contribution is -0.985. The van der Waals surface area contributed by atoms with Gasteiger partial charge in [0.2, 0.25) is 5.88 Å². The minimum atomic E-state index is -0.547. The molecule has 2 bridgehead atoms. The van der Waals surface area contributed by atoms with Gasteiger partial charge in [0.05, 0.1) is 24.2 Å². The quantitative estimate of drug-likeness (QED) is 0.0941. The fourth-order valence-electron chi connectivity index (χ4n) is 10.4.